The molecule has 1 fully saturated rings. The van der Waals surface area contributed by atoms with Crippen LogP contribution in [-0.4, -0.2) is 48.3 Å². The number of carbonyl (C=O) groups is 1. The summed E-state index contributed by atoms with van der Waals surface area (Å²) in [5, 5.41) is 9.27. The van der Waals surface area contributed by atoms with Crippen molar-refractivity contribution in [2.24, 2.45) is 0 Å². The molecule has 2 aromatic rings. The van der Waals surface area contributed by atoms with E-state index in [1.807, 2.05) is 0 Å². The first-order valence-corrected chi connectivity index (χ1v) is 9.68. The fourth-order valence-electron chi connectivity index (χ4n) is 3.48. The van der Waals surface area contributed by atoms with Gasteiger partial charge in [-0.2, -0.15) is 13.2 Å². The monoisotopic (exact) mass is 417 g/mol. The predicted octanol–water partition coefficient (Wildman–Crippen LogP) is 3.72. The Balaban J connectivity index is 1.88. The molecule has 2 aromatic carbocycles. The largest absolute Gasteiger partial charge is 0.417 e. The molecule has 0 bridgehead atoms. The Hall–Kier alpha value is -2.82. The van der Waals surface area contributed by atoms with Gasteiger partial charge in [-0.15, -0.1) is 0 Å². The lowest BCUT2D eigenvalue weighted by Gasteiger charge is -2.32. The lowest BCUT2D eigenvalue weighted by atomic mass is 9.97. The summed E-state index contributed by atoms with van der Waals surface area (Å²) in [7, 11) is 0. The Kier molecular flexibility index (Phi) is 7.14. The second-order valence-corrected chi connectivity index (χ2v) is 6.94. The van der Waals surface area contributed by atoms with E-state index in [-0.39, 0.29) is 30.3 Å². The van der Waals surface area contributed by atoms with Gasteiger partial charge in [-0.05, 0) is 36.1 Å². The smallest absolute Gasteiger partial charge is 0.395 e. The van der Waals surface area contributed by atoms with E-state index in [1.54, 1.807) is 30.3 Å². The second kappa shape index (κ2) is 9.79. The number of rotatable bonds is 4. The van der Waals surface area contributed by atoms with Crippen molar-refractivity contribution >= 4 is 5.91 Å². The predicted molar refractivity (Wildman–Crippen MR) is 106 cm³/mol. The zero-order chi connectivity index (χ0) is 21.6. The molecule has 0 unspecified atom stereocenters. The maximum atomic E-state index is 13.6. The third-order valence-corrected chi connectivity index (χ3v) is 4.96. The van der Waals surface area contributed by atoms with E-state index in [0.717, 1.165) is 6.07 Å². The average molecular weight is 417 g/mol. The van der Waals surface area contributed by atoms with Gasteiger partial charge in [0.1, 0.15) is 0 Å². The van der Waals surface area contributed by atoms with Gasteiger partial charge in [0.15, 0.2) is 0 Å². The van der Waals surface area contributed by atoms with E-state index in [9.17, 15) is 23.1 Å². The number of nitrogens with zero attached hydrogens (tertiary/aromatic N) is 1. The maximum Gasteiger partial charge on any atom is 0.417 e. The fourth-order valence-corrected chi connectivity index (χ4v) is 3.48. The van der Waals surface area contributed by atoms with Gasteiger partial charge in [0, 0.05) is 37.3 Å². The number of hydrogen-bond donors (Lipinski definition) is 1. The highest BCUT2D eigenvalue weighted by molar-refractivity contribution is 5.94. The first-order valence-electron chi connectivity index (χ1n) is 9.68. The lowest BCUT2D eigenvalue weighted by molar-refractivity contribution is -0.137. The van der Waals surface area contributed by atoms with Crippen LogP contribution in [0.3, 0.4) is 0 Å². The minimum Gasteiger partial charge on any atom is -0.395 e. The molecular weight excluding hydrogens is 395 g/mol. The summed E-state index contributed by atoms with van der Waals surface area (Å²) >= 11 is 0. The number of carbonyl (C=O) groups excluding carboxylic acids is 1. The molecule has 158 valence electrons. The van der Waals surface area contributed by atoms with E-state index in [0.29, 0.717) is 31.6 Å². The summed E-state index contributed by atoms with van der Waals surface area (Å²) in [5.41, 5.74) is -0.186. The molecule has 0 spiro atoms. The molecule has 1 aliphatic heterocycles. The SMILES string of the molecule is O=C(C#Cc1ccc(-c2ccccc2)c(C(F)(F)F)c1)N(CCO)C1CCOCC1. The van der Waals surface area contributed by atoms with Crippen molar-refractivity contribution < 1.29 is 27.8 Å². The molecule has 0 radical (unpaired) electrons. The number of aliphatic hydroxyl groups excluding tert-OH is 1. The van der Waals surface area contributed by atoms with Gasteiger partial charge in [0.05, 0.1) is 12.2 Å². The zero-order valence-electron chi connectivity index (χ0n) is 16.3. The van der Waals surface area contributed by atoms with Crippen molar-refractivity contribution in [2.45, 2.75) is 25.1 Å². The molecule has 1 saturated heterocycles. The molecule has 1 N–H and O–H groups in total. The van der Waals surface area contributed by atoms with Gasteiger partial charge >= 0.3 is 6.18 Å². The summed E-state index contributed by atoms with van der Waals surface area (Å²) in [5.74, 6) is 4.48. The molecule has 1 amide bonds. The van der Waals surface area contributed by atoms with E-state index in [4.69, 9.17) is 4.74 Å². The Bertz CT molecular complexity index is 926. The average Bonchev–Trinajstić information content (AvgIpc) is 2.76. The van der Waals surface area contributed by atoms with Gasteiger partial charge in [-0.3, -0.25) is 4.79 Å². The molecule has 7 heteroatoms. The molecule has 30 heavy (non-hydrogen) atoms. The quantitative estimate of drug-likeness (QED) is 0.772. The van der Waals surface area contributed by atoms with Crippen molar-refractivity contribution in [3.05, 3.63) is 59.7 Å². The topological polar surface area (TPSA) is 49.8 Å². The molecule has 0 atom stereocenters. The van der Waals surface area contributed by atoms with Crippen molar-refractivity contribution in [1.82, 2.24) is 4.90 Å². The molecule has 1 heterocycles. The second-order valence-electron chi connectivity index (χ2n) is 6.94. The van der Waals surface area contributed by atoms with Gasteiger partial charge < -0.3 is 14.7 Å². The van der Waals surface area contributed by atoms with E-state index < -0.39 is 17.6 Å². The fraction of sp³-hybridized carbons (Fsp3) is 0.348. The summed E-state index contributed by atoms with van der Waals surface area (Å²) in [6.07, 6.45) is -3.28. The van der Waals surface area contributed by atoms with Crippen LogP contribution >= 0.6 is 0 Å². The third-order valence-electron chi connectivity index (χ3n) is 4.96. The summed E-state index contributed by atoms with van der Waals surface area (Å²) in [4.78, 5) is 14.0. The van der Waals surface area contributed by atoms with E-state index in [1.165, 1.54) is 17.0 Å². The van der Waals surface area contributed by atoms with Gasteiger partial charge in [0.25, 0.3) is 5.91 Å². The Morgan fingerprint density at radius 3 is 2.47 bits per heavy atom. The van der Waals surface area contributed by atoms with Crippen LogP contribution in [0.25, 0.3) is 11.1 Å². The van der Waals surface area contributed by atoms with Gasteiger partial charge in [-0.1, -0.05) is 42.3 Å². The van der Waals surface area contributed by atoms with Crippen molar-refractivity contribution in [3.63, 3.8) is 0 Å². The number of ether oxygens (including phenoxy) is 1. The maximum absolute atomic E-state index is 13.6. The molecule has 3 rings (SSSR count). The molecule has 4 nitrogen and oxygen atoms in total. The number of halogens is 3. The number of aliphatic hydroxyl groups is 1. The van der Waals surface area contributed by atoms with Crippen LogP contribution in [0.15, 0.2) is 48.5 Å². The molecule has 0 saturated carbocycles. The van der Waals surface area contributed by atoms with Crippen molar-refractivity contribution in [2.75, 3.05) is 26.4 Å². The number of hydrogen-bond acceptors (Lipinski definition) is 3. The number of alkyl halides is 3. The van der Waals surface area contributed by atoms with Crippen LogP contribution in [0.1, 0.15) is 24.0 Å². The Morgan fingerprint density at radius 1 is 1.13 bits per heavy atom. The van der Waals surface area contributed by atoms with Crippen LogP contribution < -0.4 is 0 Å². The highest BCUT2D eigenvalue weighted by Gasteiger charge is 2.34. The Labute approximate surface area is 173 Å². The minimum atomic E-state index is -4.56. The van der Waals surface area contributed by atoms with Crippen LogP contribution in [0.5, 0.6) is 0 Å². The third kappa shape index (κ3) is 5.41. The highest BCUT2D eigenvalue weighted by atomic mass is 19.4. The number of amides is 1. The molecule has 0 aromatic heterocycles. The minimum absolute atomic E-state index is 0.0593. The molecule has 0 aliphatic carbocycles. The first kappa shape index (κ1) is 21.9. The van der Waals surface area contributed by atoms with Crippen LogP contribution in [0.2, 0.25) is 0 Å². The normalized spacial score (nSPS) is 14.7. The summed E-state index contributed by atoms with van der Waals surface area (Å²) < 4.78 is 46.2. The van der Waals surface area contributed by atoms with Crippen LogP contribution in [0, 0.1) is 11.8 Å². The van der Waals surface area contributed by atoms with Gasteiger partial charge in [0.2, 0.25) is 0 Å². The van der Waals surface area contributed by atoms with Crippen LogP contribution in [-0.2, 0) is 15.7 Å². The van der Waals surface area contributed by atoms with Crippen molar-refractivity contribution in [3.8, 4) is 23.0 Å². The van der Waals surface area contributed by atoms with Crippen LogP contribution in [0.4, 0.5) is 13.2 Å². The highest BCUT2D eigenvalue weighted by Crippen LogP contribution is 2.37. The van der Waals surface area contributed by atoms with E-state index in [2.05, 4.69) is 11.8 Å². The standard InChI is InChI=1S/C23H22F3NO3/c24-23(25,26)21-16-17(6-8-20(21)18-4-2-1-3-5-18)7-9-22(29)27(12-13-28)19-10-14-30-15-11-19/h1-6,8,16,19,28H,10-15H2. The summed E-state index contributed by atoms with van der Waals surface area (Å²) in [6, 6.07) is 12.0. The Morgan fingerprint density at radius 2 is 1.83 bits per heavy atom. The van der Waals surface area contributed by atoms with Crippen molar-refractivity contribution in [1.29, 1.82) is 0 Å². The molecule has 1 aliphatic rings. The van der Waals surface area contributed by atoms with Gasteiger partial charge in [-0.25, -0.2) is 0 Å². The summed E-state index contributed by atoms with van der Waals surface area (Å²) in [6.45, 7) is 0.945. The molecular formula is C23H22F3NO3. The zero-order valence-corrected chi connectivity index (χ0v) is 16.3. The van der Waals surface area contributed by atoms with E-state index >= 15 is 0 Å². The number of benzene rings is 2. The first-order chi connectivity index (χ1) is 14.4. The lowest BCUT2D eigenvalue weighted by Crippen LogP contribution is -2.44.